The summed E-state index contributed by atoms with van der Waals surface area (Å²) in [6.07, 6.45) is 18.6. The molecule has 0 aliphatic heterocycles. The first kappa shape index (κ1) is 19.5. The van der Waals surface area contributed by atoms with Crippen LogP contribution in [-0.4, -0.2) is 11.1 Å². The molecule has 1 atom stereocenters. The van der Waals surface area contributed by atoms with Gasteiger partial charge in [-0.15, -0.1) is 0 Å². The standard InChI is InChI=1S/C18H37NO/c1-3-4-5-6-7-8-9-10-11-12-13-14-15-16-18(19)17(2)20/h18,20H,2-16,19H2,1H3. The third kappa shape index (κ3) is 13.9. The minimum absolute atomic E-state index is 0.129. The topological polar surface area (TPSA) is 46.2 Å². The van der Waals surface area contributed by atoms with Gasteiger partial charge in [0.2, 0.25) is 0 Å². The molecule has 0 spiro atoms. The zero-order chi connectivity index (χ0) is 15.1. The average molecular weight is 283 g/mol. The summed E-state index contributed by atoms with van der Waals surface area (Å²) < 4.78 is 0. The van der Waals surface area contributed by atoms with Crippen LogP contribution in [0.3, 0.4) is 0 Å². The summed E-state index contributed by atoms with van der Waals surface area (Å²) in [4.78, 5) is 0. The molecular weight excluding hydrogens is 246 g/mol. The summed E-state index contributed by atoms with van der Waals surface area (Å²) in [5.41, 5.74) is 5.71. The van der Waals surface area contributed by atoms with Crippen molar-refractivity contribution in [3.8, 4) is 0 Å². The van der Waals surface area contributed by atoms with Crippen molar-refractivity contribution < 1.29 is 5.11 Å². The third-order valence-electron chi connectivity index (χ3n) is 4.05. The molecule has 0 aromatic heterocycles. The van der Waals surface area contributed by atoms with Crippen molar-refractivity contribution in [3.05, 3.63) is 12.3 Å². The Bertz CT molecular complexity index is 215. The number of hydrogen-bond donors (Lipinski definition) is 2. The molecule has 2 nitrogen and oxygen atoms in total. The largest absolute Gasteiger partial charge is 0.511 e. The lowest BCUT2D eigenvalue weighted by molar-refractivity contribution is 0.357. The van der Waals surface area contributed by atoms with Crippen LogP contribution in [0.25, 0.3) is 0 Å². The molecule has 0 aromatic carbocycles. The van der Waals surface area contributed by atoms with Gasteiger partial charge in [-0.05, 0) is 6.42 Å². The fraction of sp³-hybridized carbons (Fsp3) is 0.889. The number of aliphatic hydroxyl groups is 1. The molecule has 20 heavy (non-hydrogen) atoms. The van der Waals surface area contributed by atoms with Crippen molar-refractivity contribution in [2.45, 2.75) is 103 Å². The molecule has 2 heteroatoms. The first-order valence-corrected chi connectivity index (χ1v) is 8.81. The van der Waals surface area contributed by atoms with Crippen LogP contribution in [0.4, 0.5) is 0 Å². The van der Waals surface area contributed by atoms with Crippen LogP contribution in [0.15, 0.2) is 12.3 Å². The van der Waals surface area contributed by atoms with Crippen molar-refractivity contribution in [2.75, 3.05) is 0 Å². The molecule has 0 heterocycles. The number of hydrogen-bond acceptors (Lipinski definition) is 2. The summed E-state index contributed by atoms with van der Waals surface area (Å²) in [5, 5.41) is 9.09. The zero-order valence-corrected chi connectivity index (χ0v) is 13.7. The normalized spacial score (nSPS) is 12.5. The Kier molecular flexibility index (Phi) is 14.5. The Morgan fingerprint density at radius 2 is 1.15 bits per heavy atom. The minimum atomic E-state index is -0.220. The SMILES string of the molecule is C=C(O)C(N)CCCCCCCCCCCCCCC. The molecular formula is C18H37NO. The monoisotopic (exact) mass is 283 g/mol. The molecule has 0 radical (unpaired) electrons. The summed E-state index contributed by atoms with van der Waals surface area (Å²) in [6, 6.07) is -0.220. The highest BCUT2D eigenvalue weighted by molar-refractivity contribution is 4.91. The van der Waals surface area contributed by atoms with E-state index in [-0.39, 0.29) is 11.8 Å². The highest BCUT2D eigenvalue weighted by atomic mass is 16.3. The van der Waals surface area contributed by atoms with Crippen molar-refractivity contribution in [1.29, 1.82) is 0 Å². The van der Waals surface area contributed by atoms with Gasteiger partial charge in [0.1, 0.15) is 5.76 Å². The lowest BCUT2D eigenvalue weighted by Gasteiger charge is -2.09. The maximum atomic E-state index is 9.09. The lowest BCUT2D eigenvalue weighted by atomic mass is 10.0. The predicted molar refractivity (Wildman–Crippen MR) is 90.1 cm³/mol. The second kappa shape index (κ2) is 14.9. The molecule has 0 amide bonds. The van der Waals surface area contributed by atoms with Crippen LogP contribution in [0.5, 0.6) is 0 Å². The van der Waals surface area contributed by atoms with Crippen LogP contribution < -0.4 is 5.73 Å². The van der Waals surface area contributed by atoms with Crippen LogP contribution in [-0.2, 0) is 0 Å². The van der Waals surface area contributed by atoms with Gasteiger partial charge in [-0.3, -0.25) is 0 Å². The van der Waals surface area contributed by atoms with Gasteiger partial charge in [-0.2, -0.15) is 0 Å². The molecule has 0 rings (SSSR count). The summed E-state index contributed by atoms with van der Waals surface area (Å²) >= 11 is 0. The Morgan fingerprint density at radius 1 is 0.800 bits per heavy atom. The Balaban J connectivity index is 3.04. The van der Waals surface area contributed by atoms with Crippen molar-refractivity contribution >= 4 is 0 Å². The van der Waals surface area contributed by atoms with Crippen molar-refractivity contribution in [1.82, 2.24) is 0 Å². The highest BCUT2D eigenvalue weighted by Gasteiger charge is 2.04. The lowest BCUT2D eigenvalue weighted by Crippen LogP contribution is -2.21. The molecule has 0 aromatic rings. The van der Waals surface area contributed by atoms with E-state index in [2.05, 4.69) is 13.5 Å². The molecule has 120 valence electrons. The Hall–Kier alpha value is -0.500. The molecule has 0 saturated heterocycles. The molecule has 0 saturated carbocycles. The maximum Gasteiger partial charge on any atom is 0.102 e. The summed E-state index contributed by atoms with van der Waals surface area (Å²) in [5.74, 6) is 0.129. The van der Waals surface area contributed by atoms with E-state index >= 15 is 0 Å². The van der Waals surface area contributed by atoms with Gasteiger partial charge in [0, 0.05) is 0 Å². The second-order valence-electron chi connectivity index (χ2n) is 6.13. The van der Waals surface area contributed by atoms with E-state index in [1.165, 1.54) is 77.0 Å². The maximum absolute atomic E-state index is 9.09. The summed E-state index contributed by atoms with van der Waals surface area (Å²) in [7, 11) is 0. The first-order chi connectivity index (χ1) is 9.68. The zero-order valence-electron chi connectivity index (χ0n) is 13.7. The van der Waals surface area contributed by atoms with Crippen LogP contribution in [0, 0.1) is 0 Å². The molecule has 3 N–H and O–H groups in total. The molecule has 0 fully saturated rings. The molecule has 0 aliphatic rings. The highest BCUT2D eigenvalue weighted by Crippen LogP contribution is 2.13. The minimum Gasteiger partial charge on any atom is -0.511 e. The van der Waals surface area contributed by atoms with Gasteiger partial charge >= 0.3 is 0 Å². The van der Waals surface area contributed by atoms with Crippen molar-refractivity contribution in [3.63, 3.8) is 0 Å². The fourth-order valence-corrected chi connectivity index (χ4v) is 2.55. The van der Waals surface area contributed by atoms with E-state index < -0.39 is 0 Å². The quantitative estimate of drug-likeness (QED) is 0.292. The average Bonchev–Trinajstić information content (AvgIpc) is 2.43. The first-order valence-electron chi connectivity index (χ1n) is 8.81. The van der Waals surface area contributed by atoms with E-state index in [9.17, 15) is 0 Å². The van der Waals surface area contributed by atoms with E-state index in [0.717, 1.165) is 12.8 Å². The van der Waals surface area contributed by atoms with E-state index in [0.29, 0.717) is 0 Å². The fourth-order valence-electron chi connectivity index (χ4n) is 2.55. The Labute approximate surface area is 126 Å². The number of nitrogens with two attached hydrogens (primary N) is 1. The number of unbranched alkanes of at least 4 members (excludes halogenated alkanes) is 12. The van der Waals surface area contributed by atoms with Gasteiger partial charge < -0.3 is 10.8 Å². The van der Waals surface area contributed by atoms with Crippen molar-refractivity contribution in [2.24, 2.45) is 5.73 Å². The number of rotatable bonds is 15. The van der Waals surface area contributed by atoms with E-state index in [1.54, 1.807) is 0 Å². The van der Waals surface area contributed by atoms with Gasteiger partial charge in [0.25, 0.3) is 0 Å². The van der Waals surface area contributed by atoms with E-state index in [4.69, 9.17) is 10.8 Å². The second-order valence-corrected chi connectivity index (χ2v) is 6.13. The van der Waals surface area contributed by atoms with Gasteiger partial charge in [-0.1, -0.05) is 97.0 Å². The smallest absolute Gasteiger partial charge is 0.102 e. The Morgan fingerprint density at radius 3 is 1.50 bits per heavy atom. The summed E-state index contributed by atoms with van der Waals surface area (Å²) in [6.45, 7) is 5.74. The van der Waals surface area contributed by atoms with Crippen LogP contribution in [0.1, 0.15) is 96.8 Å². The molecule has 1 unspecified atom stereocenters. The van der Waals surface area contributed by atoms with Crippen LogP contribution in [0.2, 0.25) is 0 Å². The third-order valence-corrected chi connectivity index (χ3v) is 4.05. The van der Waals surface area contributed by atoms with Crippen LogP contribution >= 0.6 is 0 Å². The van der Waals surface area contributed by atoms with Gasteiger partial charge in [0.15, 0.2) is 0 Å². The van der Waals surface area contributed by atoms with E-state index in [1.807, 2.05) is 0 Å². The van der Waals surface area contributed by atoms with Gasteiger partial charge in [-0.25, -0.2) is 0 Å². The molecule has 0 aliphatic carbocycles. The van der Waals surface area contributed by atoms with Gasteiger partial charge in [0.05, 0.1) is 6.04 Å². The number of aliphatic hydroxyl groups excluding tert-OH is 1. The molecule has 0 bridgehead atoms. The predicted octanol–water partition coefficient (Wildman–Crippen LogP) is 5.87.